The molecular formula is C11H18O. The van der Waals surface area contributed by atoms with Gasteiger partial charge in [-0.25, -0.2) is 0 Å². The van der Waals surface area contributed by atoms with E-state index in [-0.39, 0.29) is 0 Å². The highest BCUT2D eigenvalue weighted by Crippen LogP contribution is 2.60. The average molecular weight is 166 g/mol. The molecule has 2 aliphatic carbocycles. The molecule has 1 N–H and O–H groups in total. The van der Waals surface area contributed by atoms with Gasteiger partial charge in [-0.2, -0.15) is 0 Å². The Morgan fingerprint density at radius 2 is 1.75 bits per heavy atom. The van der Waals surface area contributed by atoms with E-state index in [1.165, 1.54) is 25.7 Å². The van der Waals surface area contributed by atoms with Gasteiger partial charge in [-0.1, -0.05) is 6.08 Å². The van der Waals surface area contributed by atoms with E-state index in [1.54, 1.807) is 0 Å². The van der Waals surface area contributed by atoms with E-state index in [2.05, 4.69) is 12.7 Å². The van der Waals surface area contributed by atoms with Crippen LogP contribution < -0.4 is 0 Å². The van der Waals surface area contributed by atoms with E-state index in [0.29, 0.717) is 12.0 Å². The molecule has 0 aromatic heterocycles. The van der Waals surface area contributed by atoms with Crippen molar-refractivity contribution in [2.24, 2.45) is 17.3 Å². The molecule has 68 valence electrons. The molecule has 0 amide bonds. The molecule has 0 radical (unpaired) electrons. The molecule has 0 saturated heterocycles. The number of allylic oxidation sites excluding steroid dienone is 1. The monoisotopic (exact) mass is 166 g/mol. The van der Waals surface area contributed by atoms with Crippen LogP contribution in [0.15, 0.2) is 12.7 Å². The lowest BCUT2D eigenvalue weighted by Crippen LogP contribution is -2.24. The topological polar surface area (TPSA) is 20.2 Å². The number of aliphatic hydroxyl groups is 1. The molecule has 0 aromatic rings. The first-order valence-electron chi connectivity index (χ1n) is 5.08. The van der Waals surface area contributed by atoms with Crippen LogP contribution in [0.2, 0.25) is 0 Å². The van der Waals surface area contributed by atoms with E-state index >= 15 is 0 Å². The van der Waals surface area contributed by atoms with Crippen molar-refractivity contribution in [1.82, 2.24) is 0 Å². The molecule has 0 unspecified atom stereocenters. The van der Waals surface area contributed by atoms with Crippen molar-refractivity contribution in [1.29, 1.82) is 0 Å². The Bertz CT molecular complexity index is 165. The third-order valence-electron chi connectivity index (χ3n) is 3.60. The normalized spacial score (nSPS) is 24.1. The van der Waals surface area contributed by atoms with Crippen LogP contribution in [-0.4, -0.2) is 11.7 Å². The Balaban J connectivity index is 2.09. The van der Waals surface area contributed by atoms with Crippen LogP contribution >= 0.6 is 0 Å². The standard InChI is InChI=1S/C11H18O/c1-2-11(7-8-12,9-3-4-9)10-5-6-10/h2,9-10,12H,1,3-8H2. The largest absolute Gasteiger partial charge is 0.396 e. The van der Waals surface area contributed by atoms with Crippen molar-refractivity contribution in [2.75, 3.05) is 6.61 Å². The lowest BCUT2D eigenvalue weighted by molar-refractivity contribution is 0.177. The number of aliphatic hydroxyl groups excluding tert-OH is 1. The molecule has 0 heterocycles. The van der Waals surface area contributed by atoms with Crippen molar-refractivity contribution in [2.45, 2.75) is 32.1 Å². The van der Waals surface area contributed by atoms with Crippen molar-refractivity contribution in [3.63, 3.8) is 0 Å². The van der Waals surface area contributed by atoms with E-state index in [4.69, 9.17) is 5.11 Å². The number of rotatable bonds is 5. The van der Waals surface area contributed by atoms with E-state index in [0.717, 1.165) is 18.3 Å². The summed E-state index contributed by atoms with van der Waals surface area (Å²) >= 11 is 0. The van der Waals surface area contributed by atoms with Crippen molar-refractivity contribution in [3.8, 4) is 0 Å². The van der Waals surface area contributed by atoms with Crippen LogP contribution in [0.1, 0.15) is 32.1 Å². The molecule has 0 spiro atoms. The van der Waals surface area contributed by atoms with Gasteiger partial charge in [0, 0.05) is 6.61 Å². The van der Waals surface area contributed by atoms with Crippen molar-refractivity contribution < 1.29 is 5.11 Å². The molecule has 1 heteroatoms. The predicted octanol–water partition coefficient (Wildman–Crippen LogP) is 2.36. The van der Waals surface area contributed by atoms with Crippen LogP contribution in [0.5, 0.6) is 0 Å². The predicted molar refractivity (Wildman–Crippen MR) is 49.8 cm³/mol. The molecule has 12 heavy (non-hydrogen) atoms. The Morgan fingerprint density at radius 3 is 2.00 bits per heavy atom. The van der Waals surface area contributed by atoms with Gasteiger partial charge in [-0.15, -0.1) is 6.58 Å². The second-order valence-corrected chi connectivity index (χ2v) is 4.34. The molecule has 1 nitrogen and oxygen atoms in total. The summed E-state index contributed by atoms with van der Waals surface area (Å²) in [6, 6.07) is 0. The average Bonchev–Trinajstić information content (AvgIpc) is 2.88. The maximum Gasteiger partial charge on any atom is 0.0439 e. The zero-order valence-electron chi connectivity index (χ0n) is 7.63. The van der Waals surface area contributed by atoms with Gasteiger partial charge in [0.1, 0.15) is 0 Å². The summed E-state index contributed by atoms with van der Waals surface area (Å²) in [5.41, 5.74) is 0.328. The fourth-order valence-electron chi connectivity index (χ4n) is 2.61. The fraction of sp³-hybridized carbons (Fsp3) is 0.818. The second kappa shape index (κ2) is 2.88. The van der Waals surface area contributed by atoms with Crippen LogP contribution in [0, 0.1) is 17.3 Å². The van der Waals surface area contributed by atoms with Gasteiger partial charge < -0.3 is 5.11 Å². The van der Waals surface area contributed by atoms with E-state index in [9.17, 15) is 0 Å². The molecule has 2 saturated carbocycles. The summed E-state index contributed by atoms with van der Waals surface area (Å²) in [4.78, 5) is 0. The van der Waals surface area contributed by atoms with Crippen LogP contribution in [0.4, 0.5) is 0 Å². The summed E-state index contributed by atoms with van der Waals surface area (Å²) in [5, 5.41) is 9.04. The molecule has 0 bridgehead atoms. The molecule has 0 atom stereocenters. The summed E-state index contributed by atoms with van der Waals surface area (Å²) < 4.78 is 0. The van der Waals surface area contributed by atoms with Gasteiger partial charge in [0.2, 0.25) is 0 Å². The zero-order valence-corrected chi connectivity index (χ0v) is 7.63. The highest BCUT2D eigenvalue weighted by atomic mass is 16.3. The Hall–Kier alpha value is -0.300. The first kappa shape index (κ1) is 8.31. The molecule has 0 aromatic carbocycles. The van der Waals surface area contributed by atoms with Crippen LogP contribution in [0.25, 0.3) is 0 Å². The van der Waals surface area contributed by atoms with Crippen LogP contribution in [0.3, 0.4) is 0 Å². The zero-order chi connectivity index (χ0) is 8.60. The van der Waals surface area contributed by atoms with Gasteiger partial charge >= 0.3 is 0 Å². The minimum Gasteiger partial charge on any atom is -0.396 e. The maximum atomic E-state index is 9.04. The highest BCUT2D eigenvalue weighted by Gasteiger charge is 2.51. The van der Waals surface area contributed by atoms with Gasteiger partial charge in [-0.05, 0) is 49.4 Å². The summed E-state index contributed by atoms with van der Waals surface area (Å²) in [6.45, 7) is 4.30. The van der Waals surface area contributed by atoms with Crippen molar-refractivity contribution >= 4 is 0 Å². The Labute approximate surface area is 74.5 Å². The highest BCUT2D eigenvalue weighted by molar-refractivity contribution is 5.11. The number of hydrogen-bond acceptors (Lipinski definition) is 1. The van der Waals surface area contributed by atoms with Gasteiger partial charge in [0.15, 0.2) is 0 Å². The molecule has 2 aliphatic rings. The van der Waals surface area contributed by atoms with E-state index < -0.39 is 0 Å². The first-order valence-corrected chi connectivity index (χ1v) is 5.08. The second-order valence-electron chi connectivity index (χ2n) is 4.34. The maximum absolute atomic E-state index is 9.04. The van der Waals surface area contributed by atoms with Gasteiger partial charge in [-0.3, -0.25) is 0 Å². The third-order valence-corrected chi connectivity index (χ3v) is 3.60. The van der Waals surface area contributed by atoms with Gasteiger partial charge in [0.05, 0.1) is 0 Å². The molecule has 2 fully saturated rings. The Kier molecular flexibility index (Phi) is 1.99. The Morgan fingerprint density at radius 1 is 1.25 bits per heavy atom. The summed E-state index contributed by atoms with van der Waals surface area (Å²) in [5.74, 6) is 1.71. The molecule has 0 aliphatic heterocycles. The first-order chi connectivity index (χ1) is 5.83. The third kappa shape index (κ3) is 1.20. The number of hydrogen-bond donors (Lipinski definition) is 1. The SMILES string of the molecule is C=CC(CCO)(C1CC1)C1CC1. The molecular weight excluding hydrogens is 148 g/mol. The smallest absolute Gasteiger partial charge is 0.0439 e. The van der Waals surface area contributed by atoms with Crippen molar-refractivity contribution in [3.05, 3.63) is 12.7 Å². The van der Waals surface area contributed by atoms with Crippen LogP contribution in [-0.2, 0) is 0 Å². The van der Waals surface area contributed by atoms with Gasteiger partial charge in [0.25, 0.3) is 0 Å². The lowest BCUT2D eigenvalue weighted by atomic mass is 9.75. The molecule has 2 rings (SSSR count). The van der Waals surface area contributed by atoms with E-state index in [1.807, 2.05) is 0 Å². The minimum absolute atomic E-state index is 0.328. The summed E-state index contributed by atoms with van der Waals surface area (Å²) in [7, 11) is 0. The quantitative estimate of drug-likeness (QED) is 0.622. The minimum atomic E-state index is 0.328. The lowest BCUT2D eigenvalue weighted by Gasteiger charge is -2.30. The fourth-order valence-corrected chi connectivity index (χ4v) is 2.61. The summed E-state index contributed by atoms with van der Waals surface area (Å²) in [6.07, 6.45) is 8.54.